The molecule has 0 aliphatic heterocycles. The second-order valence-corrected chi connectivity index (χ2v) is 8.27. The lowest BCUT2D eigenvalue weighted by Gasteiger charge is -2.22. The van der Waals surface area contributed by atoms with Crippen molar-refractivity contribution in [2.75, 3.05) is 18.8 Å². The highest BCUT2D eigenvalue weighted by Gasteiger charge is 2.27. The largest absolute Gasteiger partial charge is 0.342 e. The Morgan fingerprint density at radius 1 is 1.23 bits per heavy atom. The molecule has 22 heavy (non-hydrogen) atoms. The van der Waals surface area contributed by atoms with Gasteiger partial charge >= 0.3 is 0 Å². The van der Waals surface area contributed by atoms with E-state index in [1.165, 1.54) is 12.8 Å². The van der Waals surface area contributed by atoms with E-state index in [0.29, 0.717) is 10.8 Å². The smallest absolute Gasteiger partial charge is 0.223 e. The Morgan fingerprint density at radius 2 is 1.86 bits per heavy atom. The topological polar surface area (TPSA) is 54.5 Å². The fourth-order valence-electron chi connectivity index (χ4n) is 2.44. The van der Waals surface area contributed by atoms with Gasteiger partial charge in [0.05, 0.1) is 10.6 Å². The molecule has 2 rings (SSSR count). The zero-order valence-electron chi connectivity index (χ0n) is 13.4. The summed E-state index contributed by atoms with van der Waals surface area (Å²) in [4.78, 5) is 14.4. The molecule has 122 valence electrons. The number of aryl methyl sites for hydroxylation is 1. The molecule has 1 saturated carbocycles. The van der Waals surface area contributed by atoms with E-state index in [9.17, 15) is 13.2 Å². The average molecular weight is 323 g/mol. The summed E-state index contributed by atoms with van der Waals surface area (Å²) in [6.07, 6.45) is 3.36. The number of hydrogen-bond acceptors (Lipinski definition) is 3. The Morgan fingerprint density at radius 3 is 2.41 bits per heavy atom. The fraction of sp³-hybridized carbons (Fsp3) is 0.588. The summed E-state index contributed by atoms with van der Waals surface area (Å²) in [6.45, 7) is 5.47. The molecule has 1 aliphatic carbocycles. The molecule has 0 unspecified atom stereocenters. The number of carbonyl (C=O) groups is 1. The minimum absolute atomic E-state index is 0.0376. The second kappa shape index (κ2) is 7.27. The number of carbonyl (C=O) groups excluding carboxylic acids is 1. The van der Waals surface area contributed by atoms with Crippen LogP contribution in [-0.4, -0.2) is 38.1 Å². The Labute approximate surface area is 133 Å². The van der Waals surface area contributed by atoms with Crippen LogP contribution in [0.1, 0.15) is 38.2 Å². The predicted octanol–water partition coefficient (Wildman–Crippen LogP) is 2.81. The van der Waals surface area contributed by atoms with Crippen LogP contribution >= 0.6 is 0 Å². The second-order valence-electron chi connectivity index (χ2n) is 6.17. The third-order valence-electron chi connectivity index (χ3n) is 3.99. The number of amides is 1. The summed E-state index contributed by atoms with van der Waals surface area (Å²) in [6, 6.07) is 6.79. The monoisotopic (exact) mass is 323 g/mol. The van der Waals surface area contributed by atoms with E-state index in [1.807, 2.05) is 18.7 Å². The maximum atomic E-state index is 12.3. The number of sulfone groups is 1. The van der Waals surface area contributed by atoms with Gasteiger partial charge in [0.25, 0.3) is 0 Å². The first-order valence-electron chi connectivity index (χ1n) is 7.99. The van der Waals surface area contributed by atoms with Gasteiger partial charge in [0, 0.05) is 19.5 Å². The lowest BCUT2D eigenvalue weighted by molar-refractivity contribution is -0.131. The molecule has 0 N–H and O–H groups in total. The third-order valence-corrected chi connectivity index (χ3v) is 5.72. The molecule has 1 fully saturated rings. The normalized spacial score (nSPS) is 14.8. The summed E-state index contributed by atoms with van der Waals surface area (Å²) >= 11 is 0. The molecule has 1 amide bonds. The zero-order valence-corrected chi connectivity index (χ0v) is 14.2. The standard InChI is InChI=1S/C17H25NO3S/c1-3-11-18(13-15-6-7-15)17(19)10-12-22(20,21)16-8-4-14(2)5-9-16/h4-5,8-9,15H,3,6-7,10-13H2,1-2H3. The van der Waals surface area contributed by atoms with Crippen molar-refractivity contribution in [3.8, 4) is 0 Å². The van der Waals surface area contributed by atoms with E-state index >= 15 is 0 Å². The molecule has 1 aliphatic rings. The lowest BCUT2D eigenvalue weighted by atomic mass is 10.2. The van der Waals surface area contributed by atoms with Crippen molar-refractivity contribution >= 4 is 15.7 Å². The minimum Gasteiger partial charge on any atom is -0.342 e. The number of hydrogen-bond donors (Lipinski definition) is 0. The van der Waals surface area contributed by atoms with Crippen LogP contribution in [-0.2, 0) is 14.6 Å². The molecule has 0 bridgehead atoms. The highest BCUT2D eigenvalue weighted by atomic mass is 32.2. The lowest BCUT2D eigenvalue weighted by Crippen LogP contribution is -2.34. The summed E-state index contributed by atoms with van der Waals surface area (Å²) in [5, 5.41) is 0. The van der Waals surface area contributed by atoms with Crippen molar-refractivity contribution in [2.24, 2.45) is 5.92 Å². The number of rotatable bonds is 8. The van der Waals surface area contributed by atoms with Gasteiger partial charge in [0.2, 0.25) is 5.91 Å². The quantitative estimate of drug-likeness (QED) is 0.739. The van der Waals surface area contributed by atoms with Gasteiger partial charge in [-0.3, -0.25) is 4.79 Å². The molecular formula is C17H25NO3S. The molecule has 1 aromatic rings. The Kier molecular flexibility index (Phi) is 5.62. The van der Waals surface area contributed by atoms with Crippen molar-refractivity contribution in [1.82, 2.24) is 4.90 Å². The van der Waals surface area contributed by atoms with Crippen LogP contribution in [0.5, 0.6) is 0 Å². The SMILES string of the molecule is CCCN(CC1CC1)C(=O)CCS(=O)(=O)c1ccc(C)cc1. The van der Waals surface area contributed by atoms with Crippen LogP contribution in [0.4, 0.5) is 0 Å². The third kappa shape index (κ3) is 4.83. The van der Waals surface area contributed by atoms with E-state index in [-0.39, 0.29) is 18.1 Å². The molecule has 5 heteroatoms. The van der Waals surface area contributed by atoms with Gasteiger partial charge in [-0.2, -0.15) is 0 Å². The molecule has 0 heterocycles. The highest BCUT2D eigenvalue weighted by Crippen LogP contribution is 2.30. The van der Waals surface area contributed by atoms with Gasteiger partial charge in [0.15, 0.2) is 9.84 Å². The van der Waals surface area contributed by atoms with Crippen LogP contribution < -0.4 is 0 Å². The molecule has 0 spiro atoms. The van der Waals surface area contributed by atoms with E-state index in [4.69, 9.17) is 0 Å². The van der Waals surface area contributed by atoms with Gasteiger partial charge in [-0.1, -0.05) is 24.6 Å². The summed E-state index contributed by atoms with van der Waals surface area (Å²) in [5.41, 5.74) is 1.02. The van der Waals surface area contributed by atoms with E-state index in [0.717, 1.165) is 25.1 Å². The molecular weight excluding hydrogens is 298 g/mol. The van der Waals surface area contributed by atoms with Crippen molar-refractivity contribution in [3.63, 3.8) is 0 Å². The van der Waals surface area contributed by atoms with Crippen LogP contribution in [0, 0.1) is 12.8 Å². The maximum absolute atomic E-state index is 12.3. The molecule has 0 radical (unpaired) electrons. The number of benzene rings is 1. The van der Waals surface area contributed by atoms with Gasteiger partial charge in [-0.25, -0.2) is 8.42 Å². The van der Waals surface area contributed by atoms with Crippen LogP contribution in [0.2, 0.25) is 0 Å². The Bertz CT molecular complexity index is 603. The first-order valence-corrected chi connectivity index (χ1v) is 9.65. The fourth-order valence-corrected chi connectivity index (χ4v) is 3.67. The van der Waals surface area contributed by atoms with Crippen LogP contribution in [0.15, 0.2) is 29.2 Å². The van der Waals surface area contributed by atoms with Crippen molar-refractivity contribution < 1.29 is 13.2 Å². The zero-order chi connectivity index (χ0) is 16.2. The first-order chi connectivity index (χ1) is 10.4. The molecule has 0 saturated heterocycles. The maximum Gasteiger partial charge on any atom is 0.223 e. The Balaban J connectivity index is 1.94. The van der Waals surface area contributed by atoms with E-state index in [1.54, 1.807) is 24.3 Å². The summed E-state index contributed by atoms with van der Waals surface area (Å²) in [7, 11) is -3.38. The molecule has 0 aromatic heterocycles. The van der Waals surface area contributed by atoms with E-state index < -0.39 is 9.84 Å². The summed E-state index contributed by atoms with van der Waals surface area (Å²) in [5.74, 6) is 0.480. The van der Waals surface area contributed by atoms with Gasteiger partial charge in [-0.05, 0) is 44.2 Å². The van der Waals surface area contributed by atoms with Crippen LogP contribution in [0.3, 0.4) is 0 Å². The predicted molar refractivity (Wildman–Crippen MR) is 87.4 cm³/mol. The highest BCUT2D eigenvalue weighted by molar-refractivity contribution is 7.91. The van der Waals surface area contributed by atoms with Crippen molar-refractivity contribution in [1.29, 1.82) is 0 Å². The number of nitrogens with zero attached hydrogens (tertiary/aromatic N) is 1. The molecule has 1 aromatic carbocycles. The van der Waals surface area contributed by atoms with Crippen LogP contribution in [0.25, 0.3) is 0 Å². The molecule has 0 atom stereocenters. The summed E-state index contributed by atoms with van der Waals surface area (Å²) < 4.78 is 24.6. The first kappa shape index (κ1) is 17.0. The van der Waals surface area contributed by atoms with Gasteiger partial charge in [-0.15, -0.1) is 0 Å². The van der Waals surface area contributed by atoms with Gasteiger partial charge in [0.1, 0.15) is 0 Å². The minimum atomic E-state index is -3.38. The van der Waals surface area contributed by atoms with Gasteiger partial charge < -0.3 is 4.90 Å². The molecule has 4 nitrogen and oxygen atoms in total. The Hall–Kier alpha value is -1.36. The average Bonchev–Trinajstić information content (AvgIpc) is 3.29. The van der Waals surface area contributed by atoms with Crippen molar-refractivity contribution in [2.45, 2.75) is 44.4 Å². The van der Waals surface area contributed by atoms with Crippen molar-refractivity contribution in [3.05, 3.63) is 29.8 Å². The van der Waals surface area contributed by atoms with E-state index in [2.05, 4.69) is 0 Å².